The van der Waals surface area contributed by atoms with Gasteiger partial charge in [0.25, 0.3) is 0 Å². The van der Waals surface area contributed by atoms with Crippen LogP contribution in [0.15, 0.2) is 52.5 Å². The molecular formula is C19H12BrCl2N3S. The predicted octanol–water partition coefficient (Wildman–Crippen LogP) is 7.16. The van der Waals surface area contributed by atoms with Crippen molar-refractivity contribution in [3.05, 3.63) is 73.1 Å². The molecule has 1 aromatic heterocycles. The largest absolute Gasteiger partial charge is 0.359 e. The molecule has 2 aromatic carbocycles. The van der Waals surface area contributed by atoms with E-state index >= 15 is 0 Å². The van der Waals surface area contributed by atoms with Crippen molar-refractivity contribution in [2.24, 2.45) is 0 Å². The normalized spacial score (nSPS) is 11.3. The fourth-order valence-corrected chi connectivity index (χ4v) is 3.91. The second-order valence-electron chi connectivity index (χ2n) is 5.46. The molecule has 0 aliphatic heterocycles. The first-order chi connectivity index (χ1) is 12.5. The van der Waals surface area contributed by atoms with Gasteiger partial charge in [-0.1, -0.05) is 35.3 Å². The lowest BCUT2D eigenvalue weighted by molar-refractivity contribution is 1.36. The standard InChI is InChI=1S/C19H12BrCl2N3S/c1-11-2-5-17(14(20)6-11)24-9-13(8-23)19-25-18(10-26-19)12-3-4-15(21)16(22)7-12/h2-7,9-10,24H,1H3. The second-order valence-corrected chi connectivity index (χ2v) is 7.99. The Morgan fingerprint density at radius 2 is 2.04 bits per heavy atom. The van der Waals surface area contributed by atoms with Crippen LogP contribution in [-0.2, 0) is 0 Å². The molecule has 0 saturated carbocycles. The molecule has 1 N–H and O–H groups in total. The molecule has 0 saturated heterocycles. The molecule has 130 valence electrons. The molecule has 26 heavy (non-hydrogen) atoms. The van der Waals surface area contributed by atoms with Crippen LogP contribution in [0.1, 0.15) is 10.6 Å². The van der Waals surface area contributed by atoms with Gasteiger partial charge in [-0.2, -0.15) is 5.26 Å². The SMILES string of the molecule is Cc1ccc(NC=C(C#N)c2nc(-c3ccc(Cl)c(Cl)c3)cs2)c(Br)c1. The van der Waals surface area contributed by atoms with Crippen LogP contribution >= 0.6 is 50.5 Å². The number of hydrogen-bond donors (Lipinski definition) is 1. The summed E-state index contributed by atoms with van der Waals surface area (Å²) in [6, 6.07) is 13.5. The molecule has 7 heteroatoms. The molecule has 0 amide bonds. The first-order valence-electron chi connectivity index (χ1n) is 7.52. The Balaban J connectivity index is 1.86. The Morgan fingerprint density at radius 3 is 2.73 bits per heavy atom. The Bertz CT molecular complexity index is 1040. The Hall–Kier alpha value is -1.84. The van der Waals surface area contributed by atoms with Gasteiger partial charge >= 0.3 is 0 Å². The Labute approximate surface area is 174 Å². The minimum Gasteiger partial charge on any atom is -0.359 e. The van der Waals surface area contributed by atoms with Crippen LogP contribution in [0.4, 0.5) is 5.69 Å². The van der Waals surface area contributed by atoms with E-state index in [0.29, 0.717) is 20.6 Å². The van der Waals surface area contributed by atoms with Crippen molar-refractivity contribution in [2.45, 2.75) is 6.92 Å². The van der Waals surface area contributed by atoms with Gasteiger partial charge in [0.05, 0.1) is 21.4 Å². The van der Waals surface area contributed by atoms with Gasteiger partial charge in [-0.3, -0.25) is 0 Å². The van der Waals surface area contributed by atoms with Gasteiger partial charge in [-0.05, 0) is 52.7 Å². The highest BCUT2D eigenvalue weighted by Crippen LogP contribution is 2.31. The minimum atomic E-state index is 0.453. The summed E-state index contributed by atoms with van der Waals surface area (Å²) in [7, 11) is 0. The number of nitrogens with one attached hydrogen (secondary N) is 1. The molecule has 3 rings (SSSR count). The van der Waals surface area contributed by atoms with Crippen molar-refractivity contribution in [3.63, 3.8) is 0 Å². The molecule has 1 heterocycles. The third-order valence-corrected chi connectivity index (χ3v) is 5.84. The molecule has 0 spiro atoms. The molecule has 0 atom stereocenters. The molecule has 3 aromatic rings. The van der Waals surface area contributed by atoms with E-state index < -0.39 is 0 Å². The maximum Gasteiger partial charge on any atom is 0.136 e. The number of aryl methyl sites for hydroxylation is 1. The lowest BCUT2D eigenvalue weighted by atomic mass is 10.2. The second kappa shape index (κ2) is 8.24. The molecule has 0 aliphatic rings. The number of benzene rings is 2. The zero-order valence-corrected chi connectivity index (χ0v) is 17.5. The Morgan fingerprint density at radius 1 is 1.23 bits per heavy atom. The molecule has 0 aliphatic carbocycles. The van der Waals surface area contributed by atoms with E-state index in [1.165, 1.54) is 11.3 Å². The van der Waals surface area contributed by atoms with Crippen molar-refractivity contribution in [1.82, 2.24) is 4.98 Å². The summed E-state index contributed by atoms with van der Waals surface area (Å²) in [6.45, 7) is 2.02. The van der Waals surface area contributed by atoms with E-state index in [0.717, 1.165) is 27.0 Å². The van der Waals surface area contributed by atoms with Gasteiger partial charge in [-0.25, -0.2) is 4.98 Å². The monoisotopic (exact) mass is 463 g/mol. The van der Waals surface area contributed by atoms with Crippen LogP contribution in [0.2, 0.25) is 10.0 Å². The third kappa shape index (κ3) is 4.28. The van der Waals surface area contributed by atoms with E-state index in [2.05, 4.69) is 32.3 Å². The summed E-state index contributed by atoms with van der Waals surface area (Å²) in [5, 5.41) is 16.1. The zero-order chi connectivity index (χ0) is 18.7. The topological polar surface area (TPSA) is 48.7 Å². The van der Waals surface area contributed by atoms with Gasteiger partial charge in [0, 0.05) is 21.6 Å². The third-order valence-electron chi connectivity index (χ3n) is 3.57. The summed E-state index contributed by atoms with van der Waals surface area (Å²) in [5.41, 5.74) is 4.09. The number of allylic oxidation sites excluding steroid dienone is 1. The fourth-order valence-electron chi connectivity index (χ4n) is 2.21. The van der Waals surface area contributed by atoms with E-state index in [4.69, 9.17) is 23.2 Å². The first kappa shape index (κ1) is 18.9. The van der Waals surface area contributed by atoms with Crippen LogP contribution in [0.3, 0.4) is 0 Å². The quantitative estimate of drug-likeness (QED) is 0.416. The molecule has 0 fully saturated rings. The summed E-state index contributed by atoms with van der Waals surface area (Å²) < 4.78 is 0.932. The smallest absolute Gasteiger partial charge is 0.136 e. The van der Waals surface area contributed by atoms with E-state index in [1.807, 2.05) is 36.6 Å². The predicted molar refractivity (Wildman–Crippen MR) is 114 cm³/mol. The zero-order valence-electron chi connectivity index (χ0n) is 13.6. The van der Waals surface area contributed by atoms with Crippen molar-refractivity contribution < 1.29 is 0 Å². The Kier molecular flexibility index (Phi) is 6.00. The maximum atomic E-state index is 9.49. The average molecular weight is 465 g/mol. The molecule has 0 bridgehead atoms. The highest BCUT2D eigenvalue weighted by Gasteiger charge is 2.10. The van der Waals surface area contributed by atoms with Crippen molar-refractivity contribution in [1.29, 1.82) is 5.26 Å². The molecule has 0 radical (unpaired) electrons. The van der Waals surface area contributed by atoms with Gasteiger partial charge in [0.2, 0.25) is 0 Å². The van der Waals surface area contributed by atoms with Crippen LogP contribution in [0, 0.1) is 18.3 Å². The number of halogens is 3. The summed E-state index contributed by atoms with van der Waals surface area (Å²) >= 11 is 16.9. The highest BCUT2D eigenvalue weighted by atomic mass is 79.9. The van der Waals surface area contributed by atoms with Crippen molar-refractivity contribution in [2.75, 3.05) is 5.32 Å². The number of anilines is 1. The van der Waals surface area contributed by atoms with Crippen LogP contribution in [-0.4, -0.2) is 4.98 Å². The summed E-state index contributed by atoms with van der Waals surface area (Å²) in [5.74, 6) is 0. The van der Waals surface area contributed by atoms with E-state index in [-0.39, 0.29) is 0 Å². The fraction of sp³-hybridized carbons (Fsp3) is 0.0526. The number of nitriles is 1. The number of nitrogens with zero attached hydrogens (tertiary/aromatic N) is 2. The van der Waals surface area contributed by atoms with E-state index in [1.54, 1.807) is 18.3 Å². The first-order valence-corrected chi connectivity index (χ1v) is 9.95. The number of aromatic nitrogens is 1. The molecule has 3 nitrogen and oxygen atoms in total. The highest BCUT2D eigenvalue weighted by molar-refractivity contribution is 9.10. The summed E-state index contributed by atoms with van der Waals surface area (Å²) in [6.07, 6.45) is 1.66. The molecular weight excluding hydrogens is 453 g/mol. The number of thiazole rings is 1. The number of hydrogen-bond acceptors (Lipinski definition) is 4. The average Bonchev–Trinajstić information content (AvgIpc) is 3.09. The summed E-state index contributed by atoms with van der Waals surface area (Å²) in [4.78, 5) is 4.55. The number of rotatable bonds is 4. The maximum absolute atomic E-state index is 9.49. The van der Waals surface area contributed by atoms with Gasteiger partial charge in [-0.15, -0.1) is 11.3 Å². The van der Waals surface area contributed by atoms with Gasteiger partial charge < -0.3 is 5.32 Å². The van der Waals surface area contributed by atoms with E-state index in [9.17, 15) is 5.26 Å². The lowest BCUT2D eigenvalue weighted by Crippen LogP contribution is -1.92. The lowest BCUT2D eigenvalue weighted by Gasteiger charge is -2.05. The van der Waals surface area contributed by atoms with Crippen molar-refractivity contribution >= 4 is 61.7 Å². The van der Waals surface area contributed by atoms with Crippen LogP contribution in [0.5, 0.6) is 0 Å². The minimum absolute atomic E-state index is 0.453. The van der Waals surface area contributed by atoms with Crippen LogP contribution < -0.4 is 5.32 Å². The molecule has 0 unspecified atom stereocenters. The van der Waals surface area contributed by atoms with Crippen LogP contribution in [0.25, 0.3) is 16.8 Å². The van der Waals surface area contributed by atoms with Gasteiger partial charge in [0.1, 0.15) is 16.6 Å². The van der Waals surface area contributed by atoms with Gasteiger partial charge in [0.15, 0.2) is 0 Å². The van der Waals surface area contributed by atoms with Crippen molar-refractivity contribution in [3.8, 4) is 17.3 Å².